The Bertz CT molecular complexity index is 304. The summed E-state index contributed by atoms with van der Waals surface area (Å²) in [6, 6.07) is 0. The minimum Gasteiger partial charge on any atom is -0.375 e. The molecule has 0 amide bonds. The summed E-state index contributed by atoms with van der Waals surface area (Å²) < 4.78 is 3.98. The van der Waals surface area contributed by atoms with Gasteiger partial charge in [0, 0.05) is 6.20 Å². The van der Waals surface area contributed by atoms with Gasteiger partial charge in [-0.25, -0.2) is 4.37 Å². The molecule has 0 spiro atoms. The molecule has 0 fully saturated rings. The Balaban J connectivity index is 2.57. The molecule has 1 heterocycles. The average Bonchev–Trinajstić information content (AvgIpc) is 2.36. The molecule has 64 valence electrons. The lowest BCUT2D eigenvalue weighted by Crippen LogP contribution is -2.23. The molecule has 0 radical (unpaired) electrons. The fourth-order valence-electron chi connectivity index (χ4n) is 0.578. The molecule has 3 N–H and O–H groups in total. The predicted molar refractivity (Wildman–Crippen MR) is 54.4 cm³/mol. The molecular formula is C6H8N4S2. The van der Waals surface area contributed by atoms with E-state index in [-0.39, 0.29) is 5.11 Å². The van der Waals surface area contributed by atoms with Crippen LogP contribution in [0.3, 0.4) is 0 Å². The molecular weight excluding hydrogens is 192 g/mol. The van der Waals surface area contributed by atoms with Crippen molar-refractivity contribution in [2.24, 2.45) is 10.8 Å². The van der Waals surface area contributed by atoms with Crippen molar-refractivity contribution < 1.29 is 0 Å². The minimum atomic E-state index is 0.161. The number of hydrogen-bond acceptors (Lipinski definition) is 4. The van der Waals surface area contributed by atoms with Crippen LogP contribution in [0, 0.1) is 6.92 Å². The molecule has 12 heavy (non-hydrogen) atoms. The number of nitrogens with one attached hydrogen (secondary N) is 1. The number of thiocarbonyl (C=S) groups is 1. The molecule has 0 saturated carbocycles. The summed E-state index contributed by atoms with van der Waals surface area (Å²) in [5.74, 6) is 0. The standard InChI is InChI=1S/C6H8N4S2/c1-4-2-9-12-5(4)3-8-10-6(7)11/h2-3H,1H3,(H3,7,10,11)/b8-3-. The summed E-state index contributed by atoms with van der Waals surface area (Å²) in [5, 5.41) is 3.96. The van der Waals surface area contributed by atoms with E-state index in [1.165, 1.54) is 11.5 Å². The lowest BCUT2D eigenvalue weighted by molar-refractivity contribution is 1.04. The Kier molecular flexibility index (Phi) is 3.12. The van der Waals surface area contributed by atoms with E-state index in [0.29, 0.717) is 0 Å². The van der Waals surface area contributed by atoms with Crippen molar-refractivity contribution in [3.63, 3.8) is 0 Å². The highest BCUT2D eigenvalue weighted by atomic mass is 32.1. The smallest absolute Gasteiger partial charge is 0.184 e. The molecule has 0 atom stereocenters. The second kappa shape index (κ2) is 4.13. The van der Waals surface area contributed by atoms with Crippen molar-refractivity contribution >= 4 is 35.1 Å². The Morgan fingerprint density at radius 1 is 1.92 bits per heavy atom. The molecule has 0 bridgehead atoms. The molecule has 6 heteroatoms. The maximum atomic E-state index is 5.16. The van der Waals surface area contributed by atoms with Crippen molar-refractivity contribution in [3.8, 4) is 0 Å². The van der Waals surface area contributed by atoms with Crippen LogP contribution in [0.5, 0.6) is 0 Å². The van der Waals surface area contributed by atoms with Crippen molar-refractivity contribution in [2.75, 3.05) is 0 Å². The highest BCUT2D eigenvalue weighted by molar-refractivity contribution is 7.80. The molecule has 0 aromatic carbocycles. The van der Waals surface area contributed by atoms with Crippen LogP contribution in [0.1, 0.15) is 10.4 Å². The first-order valence-electron chi connectivity index (χ1n) is 3.20. The largest absolute Gasteiger partial charge is 0.375 e. The zero-order chi connectivity index (χ0) is 8.97. The van der Waals surface area contributed by atoms with E-state index in [4.69, 9.17) is 5.73 Å². The summed E-state index contributed by atoms with van der Waals surface area (Å²) in [4.78, 5) is 0.999. The van der Waals surface area contributed by atoms with Crippen LogP contribution in [-0.4, -0.2) is 15.7 Å². The van der Waals surface area contributed by atoms with Crippen LogP contribution in [-0.2, 0) is 0 Å². The fourth-order valence-corrected chi connectivity index (χ4v) is 1.25. The summed E-state index contributed by atoms with van der Waals surface area (Å²) >= 11 is 5.94. The number of hydrogen-bond donors (Lipinski definition) is 2. The molecule has 0 saturated heterocycles. The van der Waals surface area contributed by atoms with Gasteiger partial charge in [0.25, 0.3) is 0 Å². The number of rotatable bonds is 2. The maximum absolute atomic E-state index is 5.16. The summed E-state index contributed by atoms with van der Waals surface area (Å²) in [5.41, 5.74) is 8.72. The van der Waals surface area contributed by atoms with Crippen LogP contribution in [0.2, 0.25) is 0 Å². The highest BCUT2D eigenvalue weighted by Crippen LogP contribution is 2.07. The third-order valence-corrected chi connectivity index (χ3v) is 2.07. The number of aromatic nitrogens is 1. The average molecular weight is 200 g/mol. The molecule has 0 aliphatic heterocycles. The zero-order valence-corrected chi connectivity index (χ0v) is 8.08. The normalized spacial score (nSPS) is 10.4. The van der Waals surface area contributed by atoms with Gasteiger partial charge in [-0.2, -0.15) is 5.10 Å². The van der Waals surface area contributed by atoms with Crippen LogP contribution < -0.4 is 11.2 Å². The second-order valence-electron chi connectivity index (χ2n) is 2.11. The predicted octanol–water partition coefficient (Wildman–Crippen LogP) is 0.619. The fraction of sp³-hybridized carbons (Fsp3) is 0.167. The van der Waals surface area contributed by atoms with Gasteiger partial charge < -0.3 is 5.73 Å². The molecule has 1 aromatic rings. The van der Waals surface area contributed by atoms with Crippen LogP contribution in [0.4, 0.5) is 0 Å². The SMILES string of the molecule is Cc1cnsc1/C=N\NC(N)=S. The first-order valence-corrected chi connectivity index (χ1v) is 4.38. The third-order valence-electron chi connectivity index (χ3n) is 1.14. The van der Waals surface area contributed by atoms with Crippen LogP contribution in [0.25, 0.3) is 0 Å². The van der Waals surface area contributed by atoms with Crippen LogP contribution >= 0.6 is 23.8 Å². The van der Waals surface area contributed by atoms with Crippen molar-refractivity contribution in [3.05, 3.63) is 16.6 Å². The molecule has 0 aliphatic rings. The van der Waals surface area contributed by atoms with Crippen LogP contribution in [0.15, 0.2) is 11.3 Å². The molecule has 0 aliphatic carbocycles. The van der Waals surface area contributed by atoms with Gasteiger partial charge in [0.15, 0.2) is 5.11 Å². The van der Waals surface area contributed by atoms with E-state index < -0.39 is 0 Å². The van der Waals surface area contributed by atoms with Gasteiger partial charge >= 0.3 is 0 Å². The van der Waals surface area contributed by atoms with Gasteiger partial charge in [0.1, 0.15) is 0 Å². The lowest BCUT2D eigenvalue weighted by Gasteiger charge is -1.92. The number of nitrogens with zero attached hydrogens (tertiary/aromatic N) is 2. The van der Waals surface area contributed by atoms with E-state index in [9.17, 15) is 0 Å². The van der Waals surface area contributed by atoms with E-state index in [1.807, 2.05) is 6.92 Å². The number of nitrogens with two attached hydrogens (primary N) is 1. The van der Waals surface area contributed by atoms with Crippen molar-refractivity contribution in [1.29, 1.82) is 0 Å². The van der Waals surface area contributed by atoms with Gasteiger partial charge in [-0.1, -0.05) is 0 Å². The Morgan fingerprint density at radius 2 is 2.67 bits per heavy atom. The first-order chi connectivity index (χ1) is 5.70. The lowest BCUT2D eigenvalue weighted by atomic mass is 10.3. The maximum Gasteiger partial charge on any atom is 0.184 e. The monoisotopic (exact) mass is 200 g/mol. The second-order valence-corrected chi connectivity index (χ2v) is 3.38. The third kappa shape index (κ3) is 2.55. The summed E-state index contributed by atoms with van der Waals surface area (Å²) in [6.45, 7) is 1.96. The van der Waals surface area contributed by atoms with Gasteiger partial charge in [-0.3, -0.25) is 5.43 Å². The Hall–Kier alpha value is -1.01. The molecule has 0 unspecified atom stereocenters. The molecule has 1 rings (SSSR count). The van der Waals surface area contributed by atoms with Gasteiger partial charge in [-0.05, 0) is 36.2 Å². The minimum absolute atomic E-state index is 0.161. The molecule has 4 nitrogen and oxygen atoms in total. The quantitative estimate of drug-likeness (QED) is 0.417. The topological polar surface area (TPSA) is 63.3 Å². The Labute approximate surface area is 79.6 Å². The molecule has 1 aromatic heterocycles. The summed E-state index contributed by atoms with van der Waals surface area (Å²) in [6.07, 6.45) is 3.43. The number of aryl methyl sites for hydroxylation is 1. The summed E-state index contributed by atoms with van der Waals surface area (Å²) in [7, 11) is 0. The van der Waals surface area contributed by atoms with Gasteiger partial charge in [-0.15, -0.1) is 0 Å². The van der Waals surface area contributed by atoms with E-state index in [0.717, 1.165) is 10.4 Å². The first kappa shape index (κ1) is 9.08. The van der Waals surface area contributed by atoms with Crippen molar-refractivity contribution in [1.82, 2.24) is 9.80 Å². The van der Waals surface area contributed by atoms with Gasteiger partial charge in [0.05, 0.1) is 11.1 Å². The Morgan fingerprint density at radius 3 is 3.17 bits per heavy atom. The van der Waals surface area contributed by atoms with Gasteiger partial charge in [0.2, 0.25) is 0 Å². The highest BCUT2D eigenvalue weighted by Gasteiger charge is 1.95. The van der Waals surface area contributed by atoms with E-state index in [2.05, 4.69) is 27.1 Å². The van der Waals surface area contributed by atoms with Crippen molar-refractivity contribution in [2.45, 2.75) is 6.92 Å². The van der Waals surface area contributed by atoms with E-state index >= 15 is 0 Å². The zero-order valence-electron chi connectivity index (χ0n) is 6.44. The van der Waals surface area contributed by atoms with E-state index in [1.54, 1.807) is 12.4 Å². The number of hydrazone groups is 1.